The lowest BCUT2D eigenvalue weighted by molar-refractivity contribution is -0.183. The lowest BCUT2D eigenvalue weighted by atomic mass is 10.1. The maximum Gasteiger partial charge on any atom is 0.329 e. The second-order valence-electron chi connectivity index (χ2n) is 3.61. The van der Waals surface area contributed by atoms with Gasteiger partial charge >= 0.3 is 5.97 Å². The number of carbonyl (C=O) groups excluding carboxylic acids is 2. The van der Waals surface area contributed by atoms with Crippen LogP contribution in [0.15, 0.2) is 0 Å². The molecule has 16 heavy (non-hydrogen) atoms. The van der Waals surface area contributed by atoms with E-state index in [1.165, 1.54) is 13.8 Å². The number of hydrogen-bond donors (Lipinski definition) is 2. The van der Waals surface area contributed by atoms with Gasteiger partial charge in [0.2, 0.25) is 5.91 Å². The Morgan fingerprint density at radius 2 is 2.19 bits per heavy atom. The number of nitrogens with one attached hydrogen (secondary N) is 2. The van der Waals surface area contributed by atoms with Crippen molar-refractivity contribution in [1.29, 1.82) is 5.41 Å². The highest BCUT2D eigenvalue weighted by atomic mass is 35.5. The number of nitrogens with zero attached hydrogens (tertiary/aromatic N) is 1. The highest BCUT2D eigenvalue weighted by Gasteiger charge is 2.33. The lowest BCUT2D eigenvalue weighted by Crippen LogP contribution is -2.55. The van der Waals surface area contributed by atoms with E-state index in [0.29, 0.717) is 12.8 Å². The van der Waals surface area contributed by atoms with Gasteiger partial charge in [-0.2, -0.15) is 5.06 Å². The molecule has 0 bridgehead atoms. The molecule has 2 atom stereocenters. The number of halogens is 1. The van der Waals surface area contributed by atoms with Gasteiger partial charge in [0.25, 0.3) is 0 Å². The van der Waals surface area contributed by atoms with E-state index in [0.717, 1.165) is 5.06 Å². The first kappa shape index (κ1) is 12.8. The van der Waals surface area contributed by atoms with Crippen molar-refractivity contribution in [2.75, 3.05) is 0 Å². The van der Waals surface area contributed by atoms with Gasteiger partial charge in [-0.1, -0.05) is 0 Å². The van der Waals surface area contributed by atoms with Gasteiger partial charge in [0.1, 0.15) is 12.0 Å². The van der Waals surface area contributed by atoms with Gasteiger partial charge < -0.3 is 10.2 Å². The van der Waals surface area contributed by atoms with E-state index in [9.17, 15) is 9.59 Å². The molecule has 1 saturated heterocycles. The summed E-state index contributed by atoms with van der Waals surface area (Å²) in [6.07, 6.45) is 0.173. The Kier molecular flexibility index (Phi) is 4.12. The summed E-state index contributed by atoms with van der Waals surface area (Å²) in [6.45, 7) is 2.60. The molecule has 1 amide bonds. The van der Waals surface area contributed by atoms with E-state index >= 15 is 0 Å². The van der Waals surface area contributed by atoms with E-state index in [2.05, 4.69) is 5.32 Å². The van der Waals surface area contributed by atoms with Crippen molar-refractivity contribution < 1.29 is 14.4 Å². The first-order chi connectivity index (χ1) is 7.40. The van der Waals surface area contributed by atoms with E-state index in [-0.39, 0.29) is 17.1 Å². The maximum atomic E-state index is 11.0. The quantitative estimate of drug-likeness (QED) is 0.701. The zero-order valence-corrected chi connectivity index (χ0v) is 9.87. The van der Waals surface area contributed by atoms with Gasteiger partial charge in [0, 0.05) is 32.1 Å². The zero-order chi connectivity index (χ0) is 12.3. The van der Waals surface area contributed by atoms with Crippen LogP contribution in [0.2, 0.25) is 0 Å². The van der Waals surface area contributed by atoms with Gasteiger partial charge in [-0.05, 0) is 0 Å². The SMILES string of the molecule is CC(=O)NC1CC(Cl)CC(=N)N1OC(C)=O. The van der Waals surface area contributed by atoms with Crippen molar-refractivity contribution >= 4 is 29.3 Å². The number of piperidine rings is 1. The highest BCUT2D eigenvalue weighted by molar-refractivity contribution is 6.22. The molecule has 2 N–H and O–H groups in total. The van der Waals surface area contributed by atoms with Crippen LogP contribution in [0.3, 0.4) is 0 Å². The summed E-state index contributed by atoms with van der Waals surface area (Å²) in [5.74, 6) is -0.714. The summed E-state index contributed by atoms with van der Waals surface area (Å²) < 4.78 is 0. The van der Waals surface area contributed by atoms with Crippen LogP contribution in [0.1, 0.15) is 26.7 Å². The first-order valence-corrected chi connectivity index (χ1v) is 5.30. The minimum Gasteiger partial charge on any atom is -0.338 e. The third-order valence-electron chi connectivity index (χ3n) is 2.04. The summed E-state index contributed by atoms with van der Waals surface area (Å²) in [6, 6.07) is 0. The van der Waals surface area contributed by atoms with Crippen LogP contribution in [0, 0.1) is 5.41 Å². The molecule has 2 unspecified atom stereocenters. The molecular weight excluding hydrogens is 234 g/mol. The fraction of sp³-hybridized carbons (Fsp3) is 0.667. The molecule has 7 heteroatoms. The minimum atomic E-state index is -0.565. The maximum absolute atomic E-state index is 11.0. The number of hydroxylamine groups is 2. The monoisotopic (exact) mass is 247 g/mol. The molecule has 0 aromatic heterocycles. The van der Waals surface area contributed by atoms with E-state index in [1.54, 1.807) is 0 Å². The Morgan fingerprint density at radius 1 is 1.56 bits per heavy atom. The molecule has 6 nitrogen and oxygen atoms in total. The number of carbonyl (C=O) groups is 2. The predicted molar refractivity (Wildman–Crippen MR) is 57.8 cm³/mol. The summed E-state index contributed by atoms with van der Waals surface area (Å²) in [4.78, 5) is 26.7. The lowest BCUT2D eigenvalue weighted by Gasteiger charge is -2.36. The second-order valence-corrected chi connectivity index (χ2v) is 4.23. The van der Waals surface area contributed by atoms with Gasteiger partial charge in [0.15, 0.2) is 0 Å². The Morgan fingerprint density at radius 3 is 2.69 bits per heavy atom. The van der Waals surface area contributed by atoms with E-state index in [1.807, 2.05) is 0 Å². The minimum absolute atomic E-state index is 0.0835. The normalized spacial score (nSPS) is 25.2. The smallest absolute Gasteiger partial charge is 0.329 e. The van der Waals surface area contributed by atoms with Crippen LogP contribution in [-0.2, 0) is 14.4 Å². The Hall–Kier alpha value is -1.30. The number of hydrogen-bond acceptors (Lipinski definition) is 4. The average Bonchev–Trinajstić information content (AvgIpc) is 2.09. The summed E-state index contributed by atoms with van der Waals surface area (Å²) >= 11 is 5.93. The van der Waals surface area contributed by atoms with Crippen LogP contribution in [-0.4, -0.2) is 34.3 Å². The van der Waals surface area contributed by atoms with Gasteiger partial charge in [-0.15, -0.1) is 11.6 Å². The summed E-state index contributed by atoms with van der Waals surface area (Å²) in [5.41, 5.74) is 0. The number of amidine groups is 1. The molecular formula is C9H14ClN3O3. The van der Waals surface area contributed by atoms with E-state index < -0.39 is 12.1 Å². The van der Waals surface area contributed by atoms with Crippen LogP contribution >= 0.6 is 11.6 Å². The Bertz CT molecular complexity index is 321. The molecule has 0 radical (unpaired) electrons. The van der Waals surface area contributed by atoms with Gasteiger partial charge in [-0.25, -0.2) is 0 Å². The molecule has 90 valence electrons. The molecule has 0 aromatic rings. The Balaban J connectivity index is 2.76. The number of rotatable bonds is 2. The molecule has 1 rings (SSSR count). The van der Waals surface area contributed by atoms with Crippen LogP contribution in [0.25, 0.3) is 0 Å². The van der Waals surface area contributed by atoms with Crippen molar-refractivity contribution in [1.82, 2.24) is 10.4 Å². The Labute approximate surface area is 98.3 Å². The van der Waals surface area contributed by atoms with Crippen LogP contribution < -0.4 is 5.32 Å². The fourth-order valence-corrected chi connectivity index (χ4v) is 1.83. The molecule has 0 spiro atoms. The number of amides is 1. The third kappa shape index (κ3) is 3.37. The zero-order valence-electron chi connectivity index (χ0n) is 9.12. The van der Waals surface area contributed by atoms with Crippen LogP contribution in [0.5, 0.6) is 0 Å². The molecule has 1 aliphatic rings. The van der Waals surface area contributed by atoms with Crippen molar-refractivity contribution in [3.8, 4) is 0 Å². The van der Waals surface area contributed by atoms with Crippen molar-refractivity contribution in [2.24, 2.45) is 0 Å². The van der Waals surface area contributed by atoms with Crippen molar-refractivity contribution in [3.05, 3.63) is 0 Å². The summed E-state index contributed by atoms with van der Waals surface area (Å²) in [5, 5.41) is 11.1. The summed E-state index contributed by atoms with van der Waals surface area (Å²) in [7, 11) is 0. The van der Waals surface area contributed by atoms with Gasteiger partial charge in [0.05, 0.1) is 0 Å². The van der Waals surface area contributed by atoms with Crippen molar-refractivity contribution in [3.63, 3.8) is 0 Å². The van der Waals surface area contributed by atoms with E-state index in [4.69, 9.17) is 21.8 Å². The molecule has 1 fully saturated rings. The highest BCUT2D eigenvalue weighted by Crippen LogP contribution is 2.22. The molecule has 0 aromatic carbocycles. The second kappa shape index (κ2) is 5.16. The largest absolute Gasteiger partial charge is 0.338 e. The fourth-order valence-electron chi connectivity index (χ4n) is 1.52. The molecule has 1 aliphatic heterocycles. The standard InChI is InChI=1S/C9H14ClN3O3/c1-5(14)12-9-4-7(10)3-8(11)13(9)16-6(2)15/h7,9,11H,3-4H2,1-2H3,(H,12,14). The third-order valence-corrected chi connectivity index (χ3v) is 2.37. The van der Waals surface area contributed by atoms with Gasteiger partial charge in [-0.3, -0.25) is 15.0 Å². The number of alkyl halides is 1. The topological polar surface area (TPSA) is 82.5 Å². The predicted octanol–water partition coefficient (Wildman–Crippen LogP) is 0.607. The first-order valence-electron chi connectivity index (χ1n) is 4.86. The van der Waals surface area contributed by atoms with Crippen molar-refractivity contribution in [2.45, 2.75) is 38.2 Å². The van der Waals surface area contributed by atoms with Crippen LogP contribution in [0.4, 0.5) is 0 Å². The molecule has 1 heterocycles. The molecule has 0 aliphatic carbocycles. The molecule has 0 saturated carbocycles. The average molecular weight is 248 g/mol.